The molecule has 1 aromatic carbocycles. The molecular formula is C15H14BrNO4. The Bertz CT molecular complexity index is 625. The minimum absolute atomic E-state index is 0.173. The maximum atomic E-state index is 11.8. The van der Waals surface area contributed by atoms with E-state index in [0.29, 0.717) is 23.4 Å². The Balaban J connectivity index is 1.91. The molecule has 0 spiro atoms. The molecule has 2 aromatic rings. The predicted octanol–water partition coefficient (Wildman–Crippen LogP) is 3.11. The van der Waals surface area contributed by atoms with Gasteiger partial charge < -0.3 is 14.5 Å². The van der Waals surface area contributed by atoms with Gasteiger partial charge >= 0.3 is 0 Å². The van der Waals surface area contributed by atoms with Crippen molar-refractivity contribution >= 4 is 28.1 Å². The summed E-state index contributed by atoms with van der Waals surface area (Å²) in [4.78, 5) is 22.8. The van der Waals surface area contributed by atoms with Crippen molar-refractivity contribution in [3.63, 3.8) is 0 Å². The van der Waals surface area contributed by atoms with Crippen LogP contribution in [0.2, 0.25) is 0 Å². The van der Waals surface area contributed by atoms with Crippen LogP contribution in [-0.4, -0.2) is 18.8 Å². The Morgan fingerprint density at radius 3 is 2.95 bits per heavy atom. The molecule has 0 saturated carbocycles. The minimum atomic E-state index is -0.293. The number of hydrogen-bond donors (Lipinski definition) is 1. The number of carbonyl (C=O) groups excluding carboxylic acids is 2. The highest BCUT2D eigenvalue weighted by Gasteiger charge is 2.13. The lowest BCUT2D eigenvalue weighted by Crippen LogP contribution is -2.31. The number of ether oxygens (including phenoxy) is 1. The molecule has 6 heteroatoms. The highest BCUT2D eigenvalue weighted by atomic mass is 79.9. The van der Waals surface area contributed by atoms with E-state index >= 15 is 0 Å². The smallest absolute Gasteiger partial charge is 0.258 e. The number of benzene rings is 1. The largest absolute Gasteiger partial charge is 0.483 e. The van der Waals surface area contributed by atoms with Crippen LogP contribution in [0.25, 0.3) is 0 Å². The van der Waals surface area contributed by atoms with Gasteiger partial charge in [0, 0.05) is 4.47 Å². The molecule has 2 rings (SSSR count). The summed E-state index contributed by atoms with van der Waals surface area (Å²) in [5.41, 5.74) is 0.385. The third-order valence-corrected chi connectivity index (χ3v) is 3.30. The zero-order valence-electron chi connectivity index (χ0n) is 11.3. The number of aldehydes is 1. The van der Waals surface area contributed by atoms with E-state index in [2.05, 4.69) is 21.2 Å². The molecule has 0 radical (unpaired) electrons. The van der Waals surface area contributed by atoms with Crippen molar-refractivity contribution in [3.05, 3.63) is 52.4 Å². The number of hydrogen-bond acceptors (Lipinski definition) is 4. The molecule has 1 amide bonds. The van der Waals surface area contributed by atoms with Gasteiger partial charge in [0.2, 0.25) is 0 Å². The van der Waals surface area contributed by atoms with Crippen molar-refractivity contribution in [2.45, 2.75) is 13.0 Å². The molecule has 0 aliphatic rings. The van der Waals surface area contributed by atoms with Crippen molar-refractivity contribution in [1.82, 2.24) is 5.32 Å². The van der Waals surface area contributed by atoms with Crippen molar-refractivity contribution in [1.29, 1.82) is 0 Å². The molecule has 21 heavy (non-hydrogen) atoms. The number of carbonyl (C=O) groups is 2. The SMILES string of the molecule is C[C@H](NC(=O)COc1ccc(Br)cc1C=O)c1ccco1. The second kappa shape index (κ2) is 7.08. The van der Waals surface area contributed by atoms with E-state index in [0.717, 1.165) is 4.47 Å². The van der Waals surface area contributed by atoms with Crippen molar-refractivity contribution < 1.29 is 18.7 Å². The van der Waals surface area contributed by atoms with Gasteiger partial charge in [0.25, 0.3) is 5.91 Å². The van der Waals surface area contributed by atoms with E-state index in [1.165, 1.54) is 0 Å². The Morgan fingerprint density at radius 2 is 2.29 bits per heavy atom. The molecule has 0 unspecified atom stereocenters. The number of halogens is 1. The van der Waals surface area contributed by atoms with Gasteiger partial charge in [0.1, 0.15) is 11.5 Å². The Hall–Kier alpha value is -2.08. The van der Waals surface area contributed by atoms with Gasteiger partial charge in [-0.2, -0.15) is 0 Å². The Kier molecular flexibility index (Phi) is 5.16. The first-order valence-electron chi connectivity index (χ1n) is 6.30. The molecule has 0 fully saturated rings. The zero-order chi connectivity index (χ0) is 15.2. The molecule has 0 bridgehead atoms. The fraction of sp³-hybridized carbons (Fsp3) is 0.200. The highest BCUT2D eigenvalue weighted by molar-refractivity contribution is 9.10. The van der Waals surface area contributed by atoms with Crippen LogP contribution in [0.1, 0.15) is 29.1 Å². The summed E-state index contributed by atoms with van der Waals surface area (Å²) >= 11 is 3.27. The zero-order valence-corrected chi connectivity index (χ0v) is 12.9. The quantitative estimate of drug-likeness (QED) is 0.811. The third kappa shape index (κ3) is 4.19. The van der Waals surface area contributed by atoms with E-state index in [-0.39, 0.29) is 18.6 Å². The first-order valence-corrected chi connectivity index (χ1v) is 7.09. The fourth-order valence-electron chi connectivity index (χ4n) is 1.78. The lowest BCUT2D eigenvalue weighted by atomic mass is 10.2. The summed E-state index contributed by atoms with van der Waals surface area (Å²) in [5, 5.41) is 2.75. The second-order valence-electron chi connectivity index (χ2n) is 4.39. The predicted molar refractivity (Wildman–Crippen MR) is 80.3 cm³/mol. The van der Waals surface area contributed by atoms with E-state index in [9.17, 15) is 9.59 Å². The first-order chi connectivity index (χ1) is 10.1. The van der Waals surface area contributed by atoms with Crippen LogP contribution in [0, 0.1) is 0 Å². The topological polar surface area (TPSA) is 68.5 Å². The van der Waals surface area contributed by atoms with Crippen LogP contribution in [0.5, 0.6) is 5.75 Å². The molecule has 1 heterocycles. The number of rotatable bonds is 6. The van der Waals surface area contributed by atoms with Crippen LogP contribution in [-0.2, 0) is 4.79 Å². The van der Waals surface area contributed by atoms with Gasteiger partial charge in [-0.1, -0.05) is 15.9 Å². The second-order valence-corrected chi connectivity index (χ2v) is 5.31. The van der Waals surface area contributed by atoms with Crippen molar-refractivity contribution in [2.75, 3.05) is 6.61 Å². The van der Waals surface area contributed by atoms with Gasteiger partial charge in [0.15, 0.2) is 12.9 Å². The van der Waals surface area contributed by atoms with Crippen LogP contribution in [0.15, 0.2) is 45.5 Å². The molecule has 1 aromatic heterocycles. The average molecular weight is 352 g/mol. The lowest BCUT2D eigenvalue weighted by molar-refractivity contribution is -0.123. The molecule has 0 saturated heterocycles. The van der Waals surface area contributed by atoms with Crippen LogP contribution >= 0.6 is 15.9 Å². The molecule has 1 N–H and O–H groups in total. The number of amides is 1. The van der Waals surface area contributed by atoms with E-state index in [1.807, 2.05) is 6.92 Å². The van der Waals surface area contributed by atoms with Crippen molar-refractivity contribution in [2.24, 2.45) is 0 Å². The van der Waals surface area contributed by atoms with Gasteiger partial charge in [0.05, 0.1) is 17.9 Å². The van der Waals surface area contributed by atoms with E-state index < -0.39 is 0 Å². The average Bonchev–Trinajstić information content (AvgIpc) is 3.00. The first kappa shape index (κ1) is 15.3. The molecular weight excluding hydrogens is 338 g/mol. The summed E-state index contributed by atoms with van der Waals surface area (Å²) in [5.74, 6) is 0.744. The Labute approximate surface area is 130 Å². The van der Waals surface area contributed by atoms with Crippen LogP contribution < -0.4 is 10.1 Å². The van der Waals surface area contributed by atoms with Crippen LogP contribution in [0.4, 0.5) is 0 Å². The van der Waals surface area contributed by atoms with Crippen LogP contribution in [0.3, 0.4) is 0 Å². The number of nitrogens with one attached hydrogen (secondary N) is 1. The third-order valence-electron chi connectivity index (χ3n) is 2.81. The summed E-state index contributed by atoms with van der Waals surface area (Å²) in [6, 6.07) is 8.30. The molecule has 0 aliphatic heterocycles. The Morgan fingerprint density at radius 1 is 1.48 bits per heavy atom. The lowest BCUT2D eigenvalue weighted by Gasteiger charge is -2.13. The fourth-order valence-corrected chi connectivity index (χ4v) is 2.16. The summed E-state index contributed by atoms with van der Waals surface area (Å²) in [6.45, 7) is 1.64. The summed E-state index contributed by atoms with van der Waals surface area (Å²) in [7, 11) is 0. The van der Waals surface area contributed by atoms with Gasteiger partial charge in [-0.25, -0.2) is 0 Å². The number of furan rings is 1. The summed E-state index contributed by atoms with van der Waals surface area (Å²) in [6.07, 6.45) is 2.23. The standard InChI is InChI=1S/C15H14BrNO4/c1-10(13-3-2-6-20-13)17-15(19)9-21-14-5-4-12(16)7-11(14)8-18/h2-8,10H,9H2,1H3,(H,17,19)/t10-/m0/s1. The molecule has 110 valence electrons. The molecule has 5 nitrogen and oxygen atoms in total. The monoisotopic (exact) mass is 351 g/mol. The van der Waals surface area contributed by atoms with Gasteiger partial charge in [-0.3, -0.25) is 9.59 Å². The molecule has 0 aliphatic carbocycles. The van der Waals surface area contributed by atoms with Gasteiger partial charge in [-0.15, -0.1) is 0 Å². The highest BCUT2D eigenvalue weighted by Crippen LogP contribution is 2.21. The van der Waals surface area contributed by atoms with E-state index in [1.54, 1.807) is 36.6 Å². The molecule has 1 atom stereocenters. The maximum absolute atomic E-state index is 11.8. The summed E-state index contributed by atoms with van der Waals surface area (Å²) < 4.78 is 11.3. The van der Waals surface area contributed by atoms with Gasteiger partial charge in [-0.05, 0) is 37.3 Å². The van der Waals surface area contributed by atoms with E-state index in [4.69, 9.17) is 9.15 Å². The maximum Gasteiger partial charge on any atom is 0.258 e. The minimum Gasteiger partial charge on any atom is -0.483 e. The van der Waals surface area contributed by atoms with Crippen molar-refractivity contribution in [3.8, 4) is 5.75 Å². The normalized spacial score (nSPS) is 11.7.